The van der Waals surface area contributed by atoms with Gasteiger partial charge in [0.25, 0.3) is 11.8 Å². The van der Waals surface area contributed by atoms with E-state index in [1.165, 1.54) is 0 Å². The van der Waals surface area contributed by atoms with Gasteiger partial charge in [-0.15, -0.1) is 11.3 Å². The second kappa shape index (κ2) is 9.57. The van der Waals surface area contributed by atoms with E-state index in [1.54, 1.807) is 35.6 Å². The summed E-state index contributed by atoms with van der Waals surface area (Å²) in [5.74, 6) is -0.896. The molecule has 0 unspecified atom stereocenters. The highest BCUT2D eigenvalue weighted by molar-refractivity contribution is 7.18. The van der Waals surface area contributed by atoms with E-state index >= 15 is 0 Å². The molecule has 31 heavy (non-hydrogen) atoms. The average molecular weight is 440 g/mol. The van der Waals surface area contributed by atoms with Gasteiger partial charge in [0, 0.05) is 6.42 Å². The molecular weight excluding hydrogens is 420 g/mol. The van der Waals surface area contributed by atoms with Crippen molar-refractivity contribution in [1.29, 1.82) is 0 Å². The molecule has 3 aromatic rings. The number of aromatic nitrogens is 1. The Kier molecular flexibility index (Phi) is 6.42. The van der Waals surface area contributed by atoms with E-state index in [0.29, 0.717) is 24.3 Å². The lowest BCUT2D eigenvalue weighted by molar-refractivity contribution is -0.150. The Bertz CT molecular complexity index is 1080. The predicted molar refractivity (Wildman–Crippen MR) is 113 cm³/mol. The zero-order valence-electron chi connectivity index (χ0n) is 16.5. The van der Waals surface area contributed by atoms with Crippen molar-refractivity contribution in [1.82, 2.24) is 10.3 Å². The Balaban J connectivity index is 1.15. The van der Waals surface area contributed by atoms with E-state index in [9.17, 15) is 14.4 Å². The number of para-hydroxylation sites is 3. The molecule has 2 amide bonds. The van der Waals surface area contributed by atoms with Crippen molar-refractivity contribution < 1.29 is 28.6 Å². The van der Waals surface area contributed by atoms with Crippen LogP contribution >= 0.6 is 11.3 Å². The molecular formula is C22H20N2O6S. The third-order valence-electron chi connectivity index (χ3n) is 4.54. The molecule has 1 aromatic heterocycles. The standard InChI is InChI=1S/C22H20N2O6S/c25-19(24-22(27)17-12-28-15-7-2-3-8-16(15)30-17)13-29-21(26)11-5-10-20-23-14-6-1-4-9-18(14)31-20/h1-4,6-9,17H,5,10-13H2,(H,24,25,27)/t17-/m1/s1. The second-order valence-electron chi connectivity index (χ2n) is 6.87. The van der Waals surface area contributed by atoms with Crippen molar-refractivity contribution in [3.63, 3.8) is 0 Å². The Morgan fingerprint density at radius 1 is 1.10 bits per heavy atom. The van der Waals surface area contributed by atoms with Gasteiger partial charge in [-0.1, -0.05) is 24.3 Å². The van der Waals surface area contributed by atoms with Crippen LogP contribution < -0.4 is 14.8 Å². The second-order valence-corrected chi connectivity index (χ2v) is 7.98. The highest BCUT2D eigenvalue weighted by Gasteiger charge is 2.28. The van der Waals surface area contributed by atoms with Crippen LogP contribution in [-0.2, 0) is 25.5 Å². The van der Waals surface area contributed by atoms with Crippen LogP contribution in [0.2, 0.25) is 0 Å². The SMILES string of the molecule is O=C(COC(=O)CCCc1nc2ccccc2s1)NC(=O)[C@H]1COc2ccccc2O1. The fourth-order valence-corrected chi connectivity index (χ4v) is 4.04. The molecule has 0 saturated carbocycles. The number of imide groups is 1. The zero-order valence-corrected chi connectivity index (χ0v) is 17.4. The van der Waals surface area contributed by atoms with Gasteiger partial charge < -0.3 is 14.2 Å². The van der Waals surface area contributed by atoms with Gasteiger partial charge in [-0.2, -0.15) is 0 Å². The Morgan fingerprint density at radius 2 is 1.87 bits per heavy atom. The molecule has 4 rings (SSSR count). The molecule has 0 spiro atoms. The van der Waals surface area contributed by atoms with Crippen LogP contribution in [-0.4, -0.2) is 42.1 Å². The van der Waals surface area contributed by atoms with Gasteiger partial charge in [-0.3, -0.25) is 19.7 Å². The smallest absolute Gasteiger partial charge is 0.306 e. The molecule has 0 aliphatic carbocycles. The number of nitrogens with zero attached hydrogens (tertiary/aromatic N) is 1. The van der Waals surface area contributed by atoms with Crippen LogP contribution in [0.25, 0.3) is 10.2 Å². The molecule has 0 bridgehead atoms. The molecule has 8 nitrogen and oxygen atoms in total. The summed E-state index contributed by atoms with van der Waals surface area (Å²) in [5, 5.41) is 3.12. The molecule has 9 heteroatoms. The van der Waals surface area contributed by atoms with Gasteiger partial charge in [0.15, 0.2) is 18.1 Å². The molecule has 2 aromatic carbocycles. The lowest BCUT2D eigenvalue weighted by Gasteiger charge is -2.25. The van der Waals surface area contributed by atoms with Crippen molar-refractivity contribution in [3.05, 3.63) is 53.5 Å². The highest BCUT2D eigenvalue weighted by Crippen LogP contribution is 2.30. The number of fused-ring (bicyclic) bond motifs is 2. The number of hydrogen-bond acceptors (Lipinski definition) is 8. The summed E-state index contributed by atoms with van der Waals surface area (Å²) >= 11 is 1.60. The van der Waals surface area contributed by atoms with Crippen LogP contribution in [0.3, 0.4) is 0 Å². The number of esters is 1. The summed E-state index contributed by atoms with van der Waals surface area (Å²) < 4.78 is 17.0. The van der Waals surface area contributed by atoms with Crippen molar-refractivity contribution >= 4 is 39.3 Å². The van der Waals surface area contributed by atoms with Gasteiger partial charge in [0.2, 0.25) is 6.10 Å². The lowest BCUT2D eigenvalue weighted by atomic mass is 10.2. The molecule has 2 heterocycles. The number of aryl methyl sites for hydroxylation is 1. The van der Waals surface area contributed by atoms with Crippen molar-refractivity contribution in [3.8, 4) is 11.5 Å². The Hall–Kier alpha value is -3.46. The fraction of sp³-hybridized carbons (Fsp3) is 0.273. The molecule has 0 radical (unpaired) electrons. The summed E-state index contributed by atoms with van der Waals surface area (Å²) in [7, 11) is 0. The summed E-state index contributed by atoms with van der Waals surface area (Å²) in [5.41, 5.74) is 0.947. The predicted octanol–water partition coefficient (Wildman–Crippen LogP) is 2.65. The van der Waals surface area contributed by atoms with E-state index in [1.807, 2.05) is 24.3 Å². The number of benzene rings is 2. The normalized spacial score (nSPS) is 14.8. The van der Waals surface area contributed by atoms with E-state index in [-0.39, 0.29) is 13.0 Å². The average Bonchev–Trinajstić information content (AvgIpc) is 3.20. The van der Waals surface area contributed by atoms with Gasteiger partial charge in [-0.05, 0) is 37.1 Å². The lowest BCUT2D eigenvalue weighted by Crippen LogP contribution is -2.47. The highest BCUT2D eigenvalue weighted by atomic mass is 32.1. The third kappa shape index (κ3) is 5.37. The largest absolute Gasteiger partial charge is 0.485 e. The Morgan fingerprint density at radius 3 is 2.71 bits per heavy atom. The summed E-state index contributed by atoms with van der Waals surface area (Å²) in [6.07, 6.45) is 0.419. The van der Waals surface area contributed by atoms with Crippen LogP contribution in [0.1, 0.15) is 17.8 Å². The van der Waals surface area contributed by atoms with Crippen LogP contribution in [0.15, 0.2) is 48.5 Å². The van der Waals surface area contributed by atoms with Gasteiger partial charge in [-0.25, -0.2) is 4.98 Å². The monoisotopic (exact) mass is 440 g/mol. The molecule has 0 fully saturated rings. The van der Waals surface area contributed by atoms with E-state index in [4.69, 9.17) is 14.2 Å². The molecule has 0 saturated heterocycles. The minimum Gasteiger partial charge on any atom is -0.485 e. The van der Waals surface area contributed by atoms with E-state index in [0.717, 1.165) is 15.2 Å². The van der Waals surface area contributed by atoms with Gasteiger partial charge >= 0.3 is 5.97 Å². The maximum Gasteiger partial charge on any atom is 0.306 e. The number of thiazole rings is 1. The van der Waals surface area contributed by atoms with E-state index < -0.39 is 30.5 Å². The number of hydrogen-bond donors (Lipinski definition) is 1. The number of carbonyl (C=O) groups excluding carboxylic acids is 3. The summed E-state index contributed by atoms with van der Waals surface area (Å²) in [4.78, 5) is 40.5. The van der Waals surface area contributed by atoms with Crippen LogP contribution in [0.5, 0.6) is 11.5 Å². The minimum absolute atomic E-state index is 0.0122. The first kappa shape index (κ1) is 20.8. The zero-order chi connectivity index (χ0) is 21.6. The first-order valence-electron chi connectivity index (χ1n) is 9.81. The molecule has 1 atom stereocenters. The first-order chi connectivity index (χ1) is 15.1. The maximum atomic E-state index is 12.2. The third-order valence-corrected chi connectivity index (χ3v) is 5.63. The quantitative estimate of drug-likeness (QED) is 0.563. The number of carbonyl (C=O) groups is 3. The summed E-state index contributed by atoms with van der Waals surface area (Å²) in [6.45, 7) is -0.544. The molecule has 1 aliphatic heterocycles. The van der Waals surface area contributed by atoms with Crippen LogP contribution in [0, 0.1) is 0 Å². The maximum absolute atomic E-state index is 12.2. The number of amides is 2. The molecule has 1 N–H and O–H groups in total. The van der Waals surface area contributed by atoms with E-state index in [2.05, 4.69) is 10.3 Å². The molecule has 160 valence electrons. The topological polar surface area (TPSA) is 104 Å². The van der Waals surface area contributed by atoms with Gasteiger partial charge in [0.05, 0.1) is 15.2 Å². The van der Waals surface area contributed by atoms with Crippen molar-refractivity contribution in [2.24, 2.45) is 0 Å². The number of ether oxygens (including phenoxy) is 3. The number of rotatable bonds is 7. The fourth-order valence-electron chi connectivity index (χ4n) is 3.03. The first-order valence-corrected chi connectivity index (χ1v) is 10.6. The van der Waals surface area contributed by atoms with Crippen molar-refractivity contribution in [2.75, 3.05) is 13.2 Å². The summed E-state index contributed by atoms with van der Waals surface area (Å²) in [6, 6.07) is 14.8. The number of nitrogens with one attached hydrogen (secondary N) is 1. The molecule has 1 aliphatic rings. The Labute approximate surface area is 182 Å². The van der Waals surface area contributed by atoms with Gasteiger partial charge in [0.1, 0.15) is 6.61 Å². The van der Waals surface area contributed by atoms with Crippen LogP contribution in [0.4, 0.5) is 0 Å². The minimum atomic E-state index is -0.955. The van der Waals surface area contributed by atoms with Crippen molar-refractivity contribution in [2.45, 2.75) is 25.4 Å².